The monoisotopic (exact) mass is 224 g/mol. The van der Waals surface area contributed by atoms with Crippen molar-refractivity contribution >= 4 is 5.97 Å². The van der Waals surface area contributed by atoms with E-state index in [1.54, 1.807) is 6.08 Å². The summed E-state index contributed by atoms with van der Waals surface area (Å²) in [5.41, 5.74) is 1.10. The van der Waals surface area contributed by atoms with Crippen LogP contribution in [0, 0.1) is 5.92 Å². The summed E-state index contributed by atoms with van der Waals surface area (Å²) in [7, 11) is 0. The molecule has 2 aliphatic rings. The van der Waals surface area contributed by atoms with E-state index in [0.29, 0.717) is 19.1 Å². The molecule has 3 atom stereocenters. The molecule has 0 bridgehead atoms. The summed E-state index contributed by atoms with van der Waals surface area (Å²) in [5, 5.41) is 0. The van der Waals surface area contributed by atoms with Gasteiger partial charge in [0, 0.05) is 12.8 Å². The van der Waals surface area contributed by atoms with Gasteiger partial charge >= 0.3 is 5.97 Å². The van der Waals surface area contributed by atoms with Crippen LogP contribution >= 0.6 is 0 Å². The van der Waals surface area contributed by atoms with Crippen molar-refractivity contribution < 1.29 is 19.0 Å². The summed E-state index contributed by atoms with van der Waals surface area (Å²) in [6, 6.07) is 0. The highest BCUT2D eigenvalue weighted by atomic mass is 16.7. The van der Waals surface area contributed by atoms with Gasteiger partial charge in [-0.1, -0.05) is 6.08 Å². The molecule has 0 unspecified atom stereocenters. The van der Waals surface area contributed by atoms with Crippen molar-refractivity contribution in [3.63, 3.8) is 0 Å². The van der Waals surface area contributed by atoms with Crippen molar-refractivity contribution in [3.8, 4) is 0 Å². The fraction of sp³-hybridized carbons (Fsp3) is 0.583. The fourth-order valence-electron chi connectivity index (χ4n) is 2.17. The first-order valence-electron chi connectivity index (χ1n) is 5.43. The zero-order valence-corrected chi connectivity index (χ0v) is 9.35. The van der Waals surface area contributed by atoms with E-state index in [1.807, 2.05) is 6.08 Å². The van der Waals surface area contributed by atoms with Gasteiger partial charge in [-0.15, -0.1) is 6.58 Å². The Hall–Kier alpha value is -1.13. The van der Waals surface area contributed by atoms with E-state index < -0.39 is 0 Å². The summed E-state index contributed by atoms with van der Waals surface area (Å²) in [6.07, 6.45) is 4.05. The van der Waals surface area contributed by atoms with Gasteiger partial charge in [0.15, 0.2) is 6.29 Å². The molecule has 0 aromatic rings. The van der Waals surface area contributed by atoms with Gasteiger partial charge in [0.2, 0.25) is 0 Å². The topological polar surface area (TPSA) is 44.8 Å². The van der Waals surface area contributed by atoms with Crippen molar-refractivity contribution in [2.75, 3.05) is 13.2 Å². The Kier molecular flexibility index (Phi) is 3.41. The molecule has 0 aromatic carbocycles. The number of esters is 1. The van der Waals surface area contributed by atoms with Crippen molar-refractivity contribution in [1.29, 1.82) is 0 Å². The lowest BCUT2D eigenvalue weighted by Crippen LogP contribution is -2.15. The highest BCUT2D eigenvalue weighted by Gasteiger charge is 2.39. The van der Waals surface area contributed by atoms with Gasteiger partial charge < -0.3 is 14.2 Å². The zero-order chi connectivity index (χ0) is 11.5. The van der Waals surface area contributed by atoms with Gasteiger partial charge in [-0.2, -0.15) is 0 Å². The van der Waals surface area contributed by atoms with Gasteiger partial charge in [0.05, 0.1) is 13.2 Å². The van der Waals surface area contributed by atoms with Gasteiger partial charge in [-0.05, 0) is 18.1 Å². The second-order valence-corrected chi connectivity index (χ2v) is 4.03. The van der Waals surface area contributed by atoms with Crippen LogP contribution in [0.15, 0.2) is 24.3 Å². The number of fused-ring (bicyclic) bond motifs is 1. The van der Waals surface area contributed by atoms with Crippen molar-refractivity contribution in [3.05, 3.63) is 24.3 Å². The molecule has 4 nitrogen and oxygen atoms in total. The predicted molar refractivity (Wildman–Crippen MR) is 57.6 cm³/mol. The third-order valence-corrected chi connectivity index (χ3v) is 2.77. The molecule has 0 spiro atoms. The van der Waals surface area contributed by atoms with E-state index in [-0.39, 0.29) is 18.4 Å². The van der Waals surface area contributed by atoms with Crippen molar-refractivity contribution in [2.45, 2.75) is 25.7 Å². The minimum atomic E-state index is -0.288. The van der Waals surface area contributed by atoms with Crippen molar-refractivity contribution in [2.24, 2.45) is 5.92 Å². The number of ether oxygens (including phenoxy) is 3. The van der Waals surface area contributed by atoms with Crippen LogP contribution in [-0.2, 0) is 19.0 Å². The van der Waals surface area contributed by atoms with E-state index in [2.05, 4.69) is 6.58 Å². The number of hydrogen-bond acceptors (Lipinski definition) is 4. The first-order valence-corrected chi connectivity index (χ1v) is 5.43. The Labute approximate surface area is 94.9 Å². The van der Waals surface area contributed by atoms with Crippen LogP contribution in [0.2, 0.25) is 0 Å². The molecule has 0 saturated carbocycles. The molecule has 0 radical (unpaired) electrons. The van der Waals surface area contributed by atoms with Crippen molar-refractivity contribution in [1.82, 2.24) is 0 Å². The molecule has 1 aliphatic heterocycles. The molecule has 0 aromatic heterocycles. The summed E-state index contributed by atoms with van der Waals surface area (Å²) in [6.45, 7) is 6.13. The summed E-state index contributed by atoms with van der Waals surface area (Å²) in [4.78, 5) is 10.8. The second kappa shape index (κ2) is 4.80. The highest BCUT2D eigenvalue weighted by molar-refractivity contribution is 5.66. The summed E-state index contributed by atoms with van der Waals surface area (Å²) < 4.78 is 16.1. The lowest BCUT2D eigenvalue weighted by atomic mass is 10.1. The van der Waals surface area contributed by atoms with Gasteiger partial charge in [-0.3, -0.25) is 4.79 Å². The Morgan fingerprint density at radius 2 is 2.56 bits per heavy atom. The number of rotatable bonds is 4. The van der Waals surface area contributed by atoms with E-state index >= 15 is 0 Å². The second-order valence-electron chi connectivity index (χ2n) is 4.03. The predicted octanol–water partition coefficient (Wildman–Crippen LogP) is 1.42. The summed E-state index contributed by atoms with van der Waals surface area (Å²) >= 11 is 0. The maximum Gasteiger partial charge on any atom is 0.303 e. The van der Waals surface area contributed by atoms with E-state index in [1.165, 1.54) is 6.92 Å². The van der Waals surface area contributed by atoms with Gasteiger partial charge in [-0.25, -0.2) is 0 Å². The zero-order valence-electron chi connectivity index (χ0n) is 9.35. The average molecular weight is 224 g/mol. The lowest BCUT2D eigenvalue weighted by molar-refractivity contribution is -0.144. The number of carbonyl (C=O) groups excluding carboxylic acids is 1. The molecule has 0 amide bonds. The van der Waals surface area contributed by atoms with Crippen LogP contribution in [0.4, 0.5) is 0 Å². The van der Waals surface area contributed by atoms with E-state index in [4.69, 9.17) is 14.2 Å². The van der Waals surface area contributed by atoms with Crippen LogP contribution in [-0.4, -0.2) is 31.6 Å². The number of carbonyl (C=O) groups is 1. The first-order chi connectivity index (χ1) is 7.70. The Morgan fingerprint density at radius 3 is 3.25 bits per heavy atom. The maximum absolute atomic E-state index is 10.8. The minimum absolute atomic E-state index is 0.115. The van der Waals surface area contributed by atoms with Crippen LogP contribution in [0.25, 0.3) is 0 Å². The molecule has 1 fully saturated rings. The molecular formula is C12H16O4. The highest BCUT2D eigenvalue weighted by Crippen LogP contribution is 2.37. The third kappa shape index (κ3) is 2.33. The third-order valence-electron chi connectivity index (χ3n) is 2.77. The molecule has 1 aliphatic carbocycles. The number of hydrogen-bond donors (Lipinski definition) is 0. The van der Waals surface area contributed by atoms with Crippen LogP contribution < -0.4 is 0 Å². The van der Waals surface area contributed by atoms with Crippen LogP contribution in [0.5, 0.6) is 0 Å². The molecule has 88 valence electrons. The minimum Gasteiger partial charge on any atom is -0.458 e. The molecule has 1 saturated heterocycles. The maximum atomic E-state index is 10.8. The molecular weight excluding hydrogens is 208 g/mol. The molecule has 16 heavy (non-hydrogen) atoms. The lowest BCUT2D eigenvalue weighted by Gasteiger charge is -2.11. The SMILES string of the molecule is C=CCO[C@@H]1OC[C@H]2C[C@@H](OC(C)=O)C=C21. The molecule has 2 rings (SSSR count). The smallest absolute Gasteiger partial charge is 0.303 e. The summed E-state index contributed by atoms with van der Waals surface area (Å²) in [5.74, 6) is 0.0884. The quantitative estimate of drug-likeness (QED) is 0.535. The fourth-order valence-corrected chi connectivity index (χ4v) is 2.17. The largest absolute Gasteiger partial charge is 0.458 e. The average Bonchev–Trinajstić information content (AvgIpc) is 2.74. The first kappa shape index (κ1) is 11.4. The molecule has 0 N–H and O–H groups in total. The molecule has 4 heteroatoms. The standard InChI is InChI=1S/C12H16O4/c1-3-4-14-12-11-6-10(16-8(2)13)5-9(11)7-15-12/h3,6,9-10,12H,1,4-5,7H2,2H3/t9-,10-,12-/m1/s1. The van der Waals surface area contributed by atoms with Gasteiger partial charge in [0.25, 0.3) is 0 Å². The van der Waals surface area contributed by atoms with Crippen LogP contribution in [0.3, 0.4) is 0 Å². The Morgan fingerprint density at radius 1 is 1.75 bits per heavy atom. The Balaban J connectivity index is 1.96. The van der Waals surface area contributed by atoms with E-state index in [9.17, 15) is 4.79 Å². The van der Waals surface area contributed by atoms with E-state index in [0.717, 1.165) is 12.0 Å². The Bertz CT molecular complexity index is 321. The van der Waals surface area contributed by atoms with Crippen LogP contribution in [0.1, 0.15) is 13.3 Å². The van der Waals surface area contributed by atoms with Gasteiger partial charge in [0.1, 0.15) is 6.10 Å². The molecule has 1 heterocycles. The normalized spacial score (nSPS) is 32.1.